The standard InChI is InChI=1S/C17H30N2/c1-16(2)11-18-3-4-19(12-16)17-8-13-5-14(9-17)7-15(6-13)10-17/h13-15,18H,3-12H2,1-2H3. The molecule has 5 rings (SSSR count). The highest BCUT2D eigenvalue weighted by Crippen LogP contribution is 2.58. The summed E-state index contributed by atoms with van der Waals surface area (Å²) in [6, 6.07) is 0. The van der Waals surface area contributed by atoms with E-state index in [1.807, 2.05) is 0 Å². The van der Waals surface area contributed by atoms with Gasteiger partial charge in [-0.1, -0.05) is 13.8 Å². The van der Waals surface area contributed by atoms with Crippen LogP contribution in [0.3, 0.4) is 0 Å². The van der Waals surface area contributed by atoms with Gasteiger partial charge in [-0.3, -0.25) is 4.90 Å². The van der Waals surface area contributed by atoms with Gasteiger partial charge in [-0.05, 0) is 61.7 Å². The molecule has 1 aliphatic heterocycles. The largest absolute Gasteiger partial charge is 0.315 e. The molecule has 4 saturated carbocycles. The van der Waals surface area contributed by atoms with Gasteiger partial charge in [-0.15, -0.1) is 0 Å². The number of nitrogens with zero attached hydrogens (tertiary/aromatic N) is 1. The maximum absolute atomic E-state index is 3.66. The van der Waals surface area contributed by atoms with Crippen molar-refractivity contribution in [1.82, 2.24) is 10.2 Å². The van der Waals surface area contributed by atoms with Crippen LogP contribution in [0.5, 0.6) is 0 Å². The van der Waals surface area contributed by atoms with E-state index in [-0.39, 0.29) is 0 Å². The topological polar surface area (TPSA) is 15.3 Å². The van der Waals surface area contributed by atoms with E-state index >= 15 is 0 Å². The van der Waals surface area contributed by atoms with Crippen LogP contribution in [-0.4, -0.2) is 36.6 Å². The van der Waals surface area contributed by atoms with Crippen LogP contribution >= 0.6 is 0 Å². The van der Waals surface area contributed by atoms with Crippen LogP contribution in [0.2, 0.25) is 0 Å². The second kappa shape index (κ2) is 4.21. The van der Waals surface area contributed by atoms with Crippen molar-refractivity contribution in [2.24, 2.45) is 23.2 Å². The van der Waals surface area contributed by atoms with Gasteiger partial charge in [0.05, 0.1) is 0 Å². The average molecular weight is 262 g/mol. The van der Waals surface area contributed by atoms with Gasteiger partial charge in [0.15, 0.2) is 0 Å². The second-order valence-corrected chi connectivity index (χ2v) is 8.90. The number of hydrogen-bond donors (Lipinski definition) is 1. The molecule has 0 unspecified atom stereocenters. The number of rotatable bonds is 1. The van der Waals surface area contributed by atoms with Gasteiger partial charge in [-0.25, -0.2) is 0 Å². The molecule has 0 aromatic carbocycles. The van der Waals surface area contributed by atoms with E-state index < -0.39 is 0 Å². The maximum Gasteiger partial charge on any atom is 0.0218 e. The third-order valence-electron chi connectivity index (χ3n) is 6.46. The van der Waals surface area contributed by atoms with E-state index in [1.165, 1.54) is 45.4 Å². The van der Waals surface area contributed by atoms with Gasteiger partial charge in [0.2, 0.25) is 0 Å². The summed E-state index contributed by atoms with van der Waals surface area (Å²) < 4.78 is 0. The van der Waals surface area contributed by atoms with Crippen LogP contribution in [0.4, 0.5) is 0 Å². The zero-order valence-corrected chi connectivity index (χ0v) is 12.8. The summed E-state index contributed by atoms with van der Waals surface area (Å²) >= 11 is 0. The second-order valence-electron chi connectivity index (χ2n) is 8.90. The summed E-state index contributed by atoms with van der Waals surface area (Å²) in [6.45, 7) is 9.88. The normalized spacial score (nSPS) is 49.3. The molecule has 0 aromatic rings. The van der Waals surface area contributed by atoms with E-state index in [0.717, 1.165) is 17.8 Å². The molecule has 1 N–H and O–H groups in total. The van der Waals surface area contributed by atoms with E-state index in [1.54, 1.807) is 19.3 Å². The smallest absolute Gasteiger partial charge is 0.0218 e. The summed E-state index contributed by atoms with van der Waals surface area (Å²) in [7, 11) is 0. The SMILES string of the molecule is CC1(C)CNCCN(C23CC4CC(CC(C4)C2)C3)C1. The lowest BCUT2D eigenvalue weighted by molar-refractivity contribution is -0.0941. The van der Waals surface area contributed by atoms with Gasteiger partial charge in [0, 0.05) is 31.7 Å². The summed E-state index contributed by atoms with van der Waals surface area (Å²) in [6.07, 6.45) is 9.26. The summed E-state index contributed by atoms with van der Waals surface area (Å²) in [5.74, 6) is 3.22. The lowest BCUT2D eigenvalue weighted by atomic mass is 9.52. The highest BCUT2D eigenvalue weighted by Gasteiger charge is 2.53. The van der Waals surface area contributed by atoms with E-state index in [0.29, 0.717) is 11.0 Å². The fraction of sp³-hybridized carbons (Fsp3) is 1.00. The first-order chi connectivity index (χ1) is 9.05. The highest BCUT2D eigenvalue weighted by molar-refractivity contribution is 5.08. The minimum atomic E-state index is 0.444. The average Bonchev–Trinajstić information content (AvgIpc) is 2.48. The van der Waals surface area contributed by atoms with Gasteiger partial charge in [-0.2, -0.15) is 0 Å². The van der Waals surface area contributed by atoms with Crippen LogP contribution in [0.1, 0.15) is 52.4 Å². The molecule has 0 amide bonds. The van der Waals surface area contributed by atoms with Crippen LogP contribution in [-0.2, 0) is 0 Å². The fourth-order valence-electron chi connectivity index (χ4n) is 6.15. The Balaban J connectivity index is 1.60. The minimum absolute atomic E-state index is 0.444. The molecule has 1 heterocycles. The molecule has 1 saturated heterocycles. The molecule has 5 aliphatic rings. The van der Waals surface area contributed by atoms with Crippen molar-refractivity contribution in [2.45, 2.75) is 57.9 Å². The lowest BCUT2D eigenvalue weighted by Crippen LogP contribution is -2.61. The third kappa shape index (κ3) is 2.15. The molecule has 4 bridgehead atoms. The fourth-order valence-corrected chi connectivity index (χ4v) is 6.15. The predicted octanol–water partition coefficient (Wildman–Crippen LogP) is 2.89. The van der Waals surface area contributed by atoms with Gasteiger partial charge in [0.1, 0.15) is 0 Å². The van der Waals surface area contributed by atoms with Crippen molar-refractivity contribution in [1.29, 1.82) is 0 Å². The predicted molar refractivity (Wildman–Crippen MR) is 79.1 cm³/mol. The Morgan fingerprint density at radius 2 is 1.53 bits per heavy atom. The van der Waals surface area contributed by atoms with Crippen LogP contribution in [0, 0.1) is 23.2 Å². The minimum Gasteiger partial charge on any atom is -0.315 e. The Morgan fingerprint density at radius 3 is 2.11 bits per heavy atom. The van der Waals surface area contributed by atoms with E-state index in [2.05, 4.69) is 24.1 Å². The summed E-state index contributed by atoms with van der Waals surface area (Å²) in [4.78, 5) is 2.93. The zero-order chi connectivity index (χ0) is 13.1. The quantitative estimate of drug-likeness (QED) is 0.782. The Morgan fingerprint density at radius 1 is 0.947 bits per heavy atom. The first-order valence-corrected chi connectivity index (χ1v) is 8.51. The van der Waals surface area contributed by atoms with E-state index in [4.69, 9.17) is 0 Å². The van der Waals surface area contributed by atoms with Crippen LogP contribution in [0.25, 0.3) is 0 Å². The lowest BCUT2D eigenvalue weighted by Gasteiger charge is -2.61. The number of nitrogens with one attached hydrogen (secondary N) is 1. The van der Waals surface area contributed by atoms with Crippen molar-refractivity contribution in [3.05, 3.63) is 0 Å². The van der Waals surface area contributed by atoms with Crippen molar-refractivity contribution >= 4 is 0 Å². The Bertz CT molecular complexity index is 325. The van der Waals surface area contributed by atoms with Crippen molar-refractivity contribution < 1.29 is 0 Å². The van der Waals surface area contributed by atoms with Crippen LogP contribution < -0.4 is 5.32 Å². The van der Waals surface area contributed by atoms with Crippen molar-refractivity contribution in [2.75, 3.05) is 26.2 Å². The molecule has 108 valence electrons. The maximum atomic E-state index is 3.66. The van der Waals surface area contributed by atoms with Crippen LogP contribution in [0.15, 0.2) is 0 Å². The third-order valence-corrected chi connectivity index (χ3v) is 6.46. The monoisotopic (exact) mass is 262 g/mol. The molecule has 0 aromatic heterocycles. The molecule has 0 spiro atoms. The molecular formula is C17H30N2. The molecule has 5 fully saturated rings. The van der Waals surface area contributed by atoms with Crippen molar-refractivity contribution in [3.63, 3.8) is 0 Å². The summed E-state index contributed by atoms with van der Waals surface area (Å²) in [5, 5.41) is 3.66. The molecule has 2 nitrogen and oxygen atoms in total. The molecule has 0 radical (unpaired) electrons. The molecule has 2 heteroatoms. The highest BCUT2D eigenvalue weighted by atomic mass is 15.2. The Kier molecular flexibility index (Phi) is 2.80. The first-order valence-electron chi connectivity index (χ1n) is 8.51. The van der Waals surface area contributed by atoms with E-state index in [9.17, 15) is 0 Å². The molecular weight excluding hydrogens is 232 g/mol. The zero-order valence-electron chi connectivity index (χ0n) is 12.8. The van der Waals surface area contributed by atoms with Gasteiger partial charge >= 0.3 is 0 Å². The first kappa shape index (κ1) is 12.6. The Hall–Kier alpha value is -0.0800. The summed E-state index contributed by atoms with van der Waals surface area (Å²) in [5.41, 5.74) is 1.05. The number of hydrogen-bond acceptors (Lipinski definition) is 2. The Labute approximate surface area is 118 Å². The van der Waals surface area contributed by atoms with Gasteiger partial charge < -0.3 is 5.32 Å². The molecule has 0 atom stereocenters. The van der Waals surface area contributed by atoms with Gasteiger partial charge in [0.25, 0.3) is 0 Å². The van der Waals surface area contributed by atoms with Crippen molar-refractivity contribution in [3.8, 4) is 0 Å². The molecule has 4 aliphatic carbocycles. The molecule has 19 heavy (non-hydrogen) atoms.